The van der Waals surface area contributed by atoms with Gasteiger partial charge in [0, 0.05) is 13.7 Å². The molecule has 0 spiro atoms. The third-order valence-electron chi connectivity index (χ3n) is 2.94. The van der Waals surface area contributed by atoms with E-state index in [1.54, 1.807) is 0 Å². The molecule has 1 aliphatic rings. The van der Waals surface area contributed by atoms with Crippen LogP contribution in [0.25, 0.3) is 0 Å². The van der Waals surface area contributed by atoms with Gasteiger partial charge >= 0.3 is 0 Å². The third kappa shape index (κ3) is 4.56. The number of hydrogen-bond acceptors (Lipinski definition) is 5. The van der Waals surface area contributed by atoms with Crippen LogP contribution >= 0.6 is 0 Å². The molecule has 3 atom stereocenters. The van der Waals surface area contributed by atoms with Crippen molar-refractivity contribution in [2.75, 3.05) is 20.3 Å². The highest BCUT2D eigenvalue weighted by atomic mass is 16.8. The van der Waals surface area contributed by atoms with Gasteiger partial charge in [0.25, 0.3) is 0 Å². The van der Waals surface area contributed by atoms with Gasteiger partial charge in [-0.25, -0.2) is 0 Å². The summed E-state index contributed by atoms with van der Waals surface area (Å²) in [5, 5.41) is 9.56. The zero-order valence-corrected chi connectivity index (χ0v) is 11.0. The highest BCUT2D eigenvalue weighted by molar-refractivity contribution is 5.13. The van der Waals surface area contributed by atoms with Crippen molar-refractivity contribution < 1.29 is 24.1 Å². The van der Waals surface area contributed by atoms with E-state index in [2.05, 4.69) is 0 Å². The molecular weight excluding hydrogens is 248 g/mol. The maximum Gasteiger partial charge on any atom is 0.209 e. The van der Waals surface area contributed by atoms with Crippen molar-refractivity contribution in [3.8, 4) is 0 Å². The van der Waals surface area contributed by atoms with Crippen LogP contribution in [0.1, 0.15) is 12.0 Å². The molecule has 1 aromatic rings. The van der Waals surface area contributed by atoms with Crippen molar-refractivity contribution >= 4 is 0 Å². The van der Waals surface area contributed by atoms with Crippen molar-refractivity contribution in [1.82, 2.24) is 0 Å². The van der Waals surface area contributed by atoms with Gasteiger partial charge in [-0.15, -0.1) is 0 Å². The van der Waals surface area contributed by atoms with Gasteiger partial charge in [-0.05, 0) is 12.0 Å². The molecule has 0 bridgehead atoms. The fourth-order valence-corrected chi connectivity index (χ4v) is 1.90. The number of hydrogen-bond donors (Lipinski definition) is 1. The first kappa shape index (κ1) is 14.4. The van der Waals surface area contributed by atoms with Crippen molar-refractivity contribution in [3.05, 3.63) is 35.9 Å². The molecule has 1 heterocycles. The lowest BCUT2D eigenvalue weighted by molar-refractivity contribution is -0.322. The van der Waals surface area contributed by atoms with Crippen LogP contribution in [0.3, 0.4) is 0 Å². The molecule has 1 saturated heterocycles. The second kappa shape index (κ2) is 7.57. The first-order valence-corrected chi connectivity index (χ1v) is 6.39. The Bertz CT molecular complexity index is 356. The predicted molar refractivity (Wildman–Crippen MR) is 68.3 cm³/mol. The van der Waals surface area contributed by atoms with E-state index >= 15 is 0 Å². The average Bonchev–Trinajstić information content (AvgIpc) is 2.45. The molecule has 1 fully saturated rings. The first-order valence-electron chi connectivity index (χ1n) is 6.39. The van der Waals surface area contributed by atoms with Crippen LogP contribution in [0.4, 0.5) is 0 Å². The highest BCUT2D eigenvalue weighted by Crippen LogP contribution is 2.16. The van der Waals surface area contributed by atoms with Gasteiger partial charge in [0.2, 0.25) is 12.6 Å². The van der Waals surface area contributed by atoms with Gasteiger partial charge in [-0.2, -0.15) is 0 Å². The Morgan fingerprint density at radius 3 is 2.79 bits per heavy atom. The van der Waals surface area contributed by atoms with Crippen LogP contribution in [0, 0.1) is 0 Å². The van der Waals surface area contributed by atoms with Crippen molar-refractivity contribution in [2.45, 2.75) is 31.7 Å². The average molecular weight is 268 g/mol. The summed E-state index contributed by atoms with van der Waals surface area (Å²) >= 11 is 0. The van der Waals surface area contributed by atoms with Crippen molar-refractivity contribution in [3.63, 3.8) is 0 Å². The van der Waals surface area contributed by atoms with E-state index in [1.165, 1.54) is 7.11 Å². The molecule has 0 radical (unpaired) electrons. The van der Waals surface area contributed by atoms with E-state index in [4.69, 9.17) is 18.9 Å². The minimum atomic E-state index is -1.03. The monoisotopic (exact) mass is 268 g/mol. The third-order valence-corrected chi connectivity index (χ3v) is 2.94. The molecule has 106 valence electrons. The summed E-state index contributed by atoms with van der Waals surface area (Å²) in [6.07, 6.45) is -1.20. The van der Waals surface area contributed by atoms with Crippen LogP contribution in [0.5, 0.6) is 0 Å². The lowest BCUT2D eigenvalue weighted by Gasteiger charge is -2.32. The van der Waals surface area contributed by atoms with Gasteiger partial charge in [0.15, 0.2) is 0 Å². The maximum absolute atomic E-state index is 9.56. The molecule has 0 amide bonds. The summed E-state index contributed by atoms with van der Waals surface area (Å²) in [7, 11) is 1.47. The van der Waals surface area contributed by atoms with Gasteiger partial charge < -0.3 is 24.1 Å². The van der Waals surface area contributed by atoms with E-state index in [0.29, 0.717) is 26.2 Å². The van der Waals surface area contributed by atoms with Gasteiger partial charge in [-0.3, -0.25) is 0 Å². The molecule has 1 unspecified atom stereocenters. The normalized spacial score (nSPS) is 27.4. The van der Waals surface area contributed by atoms with Crippen LogP contribution < -0.4 is 0 Å². The van der Waals surface area contributed by atoms with E-state index in [0.717, 1.165) is 5.56 Å². The van der Waals surface area contributed by atoms with E-state index in [9.17, 15) is 5.11 Å². The topological polar surface area (TPSA) is 57.2 Å². The second-order valence-corrected chi connectivity index (χ2v) is 4.41. The molecule has 5 nitrogen and oxygen atoms in total. The number of aliphatic hydroxyl groups excluding tert-OH is 1. The molecular formula is C14H20O5. The Hall–Kier alpha value is -0.980. The Kier molecular flexibility index (Phi) is 5.75. The first-order chi connectivity index (χ1) is 9.29. The summed E-state index contributed by atoms with van der Waals surface area (Å²) in [5.74, 6) is 0. The molecule has 0 aliphatic carbocycles. The summed E-state index contributed by atoms with van der Waals surface area (Å²) in [6, 6.07) is 9.99. The Morgan fingerprint density at radius 1 is 1.32 bits per heavy atom. The fraction of sp³-hybridized carbons (Fsp3) is 0.571. The lowest BCUT2D eigenvalue weighted by atomic mass is 10.2. The van der Waals surface area contributed by atoms with E-state index in [1.807, 2.05) is 30.3 Å². The summed E-state index contributed by atoms with van der Waals surface area (Å²) in [4.78, 5) is 0. The summed E-state index contributed by atoms with van der Waals surface area (Å²) < 4.78 is 21.2. The largest absolute Gasteiger partial charge is 0.377 e. The molecule has 19 heavy (non-hydrogen) atoms. The standard InChI is InChI=1S/C14H20O5/c1-16-14-13(15)19-12(10-18-14)7-8-17-9-11-5-3-2-4-6-11/h2-6,12-15H,7-10H2,1H3/t12-,13?,14+/m0/s1. The zero-order valence-electron chi connectivity index (χ0n) is 11.0. The number of aliphatic hydroxyl groups is 1. The van der Waals surface area contributed by atoms with Gasteiger partial charge in [0.05, 0.1) is 19.3 Å². The van der Waals surface area contributed by atoms with Crippen LogP contribution in [-0.2, 0) is 25.6 Å². The molecule has 0 saturated carbocycles. The number of rotatable bonds is 6. The Morgan fingerprint density at radius 2 is 2.11 bits per heavy atom. The quantitative estimate of drug-likeness (QED) is 0.788. The smallest absolute Gasteiger partial charge is 0.209 e. The zero-order chi connectivity index (χ0) is 13.5. The number of ether oxygens (including phenoxy) is 4. The van der Waals surface area contributed by atoms with Crippen LogP contribution in [-0.4, -0.2) is 44.1 Å². The van der Waals surface area contributed by atoms with Crippen LogP contribution in [0.15, 0.2) is 30.3 Å². The SMILES string of the molecule is CO[C@@H]1OC[C@H](CCOCc2ccccc2)OC1O. The molecule has 2 rings (SSSR count). The lowest BCUT2D eigenvalue weighted by Crippen LogP contribution is -2.44. The van der Waals surface area contributed by atoms with E-state index in [-0.39, 0.29) is 6.10 Å². The fourth-order valence-electron chi connectivity index (χ4n) is 1.90. The Labute approximate surface area is 113 Å². The molecule has 1 aromatic carbocycles. The van der Waals surface area contributed by atoms with Gasteiger partial charge in [-0.1, -0.05) is 30.3 Å². The maximum atomic E-state index is 9.56. The van der Waals surface area contributed by atoms with Crippen molar-refractivity contribution in [1.29, 1.82) is 0 Å². The van der Waals surface area contributed by atoms with Crippen molar-refractivity contribution in [2.24, 2.45) is 0 Å². The summed E-state index contributed by atoms with van der Waals surface area (Å²) in [5.41, 5.74) is 1.14. The van der Waals surface area contributed by atoms with E-state index < -0.39 is 12.6 Å². The molecule has 1 aliphatic heterocycles. The minimum Gasteiger partial charge on any atom is -0.377 e. The number of methoxy groups -OCH3 is 1. The highest BCUT2D eigenvalue weighted by Gasteiger charge is 2.30. The Balaban J connectivity index is 1.61. The molecule has 5 heteroatoms. The van der Waals surface area contributed by atoms with Crippen LogP contribution in [0.2, 0.25) is 0 Å². The second-order valence-electron chi connectivity index (χ2n) is 4.41. The molecule has 1 N–H and O–H groups in total. The molecule has 0 aromatic heterocycles. The van der Waals surface area contributed by atoms with Gasteiger partial charge in [0.1, 0.15) is 0 Å². The number of benzene rings is 1. The predicted octanol–water partition coefficient (Wildman–Crippen LogP) is 1.30. The summed E-state index contributed by atoms with van der Waals surface area (Å²) in [6.45, 7) is 1.55. The minimum absolute atomic E-state index is 0.155.